The molecule has 7 nitrogen and oxygen atoms in total. The van der Waals surface area contributed by atoms with Gasteiger partial charge in [0.1, 0.15) is 4.88 Å². The monoisotopic (exact) mass is 361 g/mol. The van der Waals surface area contributed by atoms with Gasteiger partial charge in [-0.15, -0.1) is 11.3 Å². The molecule has 3 aromatic rings. The van der Waals surface area contributed by atoms with Crippen molar-refractivity contribution >= 4 is 46.5 Å². The third-order valence-electron chi connectivity index (χ3n) is 2.84. The molecule has 0 unspecified atom stereocenters. The van der Waals surface area contributed by atoms with Gasteiger partial charge in [0.15, 0.2) is 12.4 Å². The van der Waals surface area contributed by atoms with Crippen LogP contribution < -0.4 is 11.1 Å². The first-order valence-electron chi connectivity index (χ1n) is 6.85. The number of benzene rings is 1. The number of aromatic nitrogens is 3. The number of rotatable bonds is 5. The summed E-state index contributed by atoms with van der Waals surface area (Å²) in [7, 11) is 0. The van der Waals surface area contributed by atoms with E-state index in [0.717, 1.165) is 17.0 Å². The van der Waals surface area contributed by atoms with Gasteiger partial charge in [-0.25, -0.2) is 4.79 Å². The number of carbonyl (C=O) groups excluding carboxylic acids is 1. The van der Waals surface area contributed by atoms with Crippen LogP contribution in [0, 0.1) is 0 Å². The van der Waals surface area contributed by atoms with Gasteiger partial charge in [0.2, 0.25) is 11.9 Å². The fourth-order valence-electron chi connectivity index (χ4n) is 1.83. The Morgan fingerprint density at radius 3 is 2.67 bits per heavy atom. The first-order valence-corrected chi connectivity index (χ1v) is 8.04. The van der Waals surface area contributed by atoms with Crippen molar-refractivity contribution in [2.24, 2.45) is 0 Å². The zero-order valence-electron chi connectivity index (χ0n) is 12.3. The fourth-order valence-corrected chi connectivity index (χ4v) is 2.77. The molecule has 3 rings (SSSR count). The molecule has 2 aromatic heterocycles. The Morgan fingerprint density at radius 2 is 1.96 bits per heavy atom. The lowest BCUT2D eigenvalue weighted by Gasteiger charge is -2.07. The van der Waals surface area contributed by atoms with Crippen molar-refractivity contribution in [1.82, 2.24) is 15.0 Å². The number of esters is 1. The van der Waals surface area contributed by atoms with Gasteiger partial charge in [-0.2, -0.15) is 15.0 Å². The molecule has 0 saturated carbocycles. The normalized spacial score (nSPS) is 10.4. The highest BCUT2D eigenvalue weighted by molar-refractivity contribution is 7.17. The molecule has 24 heavy (non-hydrogen) atoms. The first kappa shape index (κ1) is 16.2. The molecular formula is C15H12ClN5O2S. The van der Waals surface area contributed by atoms with E-state index in [1.807, 2.05) is 30.3 Å². The van der Waals surface area contributed by atoms with Crippen molar-refractivity contribution < 1.29 is 9.53 Å². The molecule has 0 radical (unpaired) electrons. The van der Waals surface area contributed by atoms with Crippen molar-refractivity contribution in [3.05, 3.63) is 57.5 Å². The van der Waals surface area contributed by atoms with Crippen molar-refractivity contribution in [2.45, 2.75) is 6.61 Å². The van der Waals surface area contributed by atoms with E-state index in [-0.39, 0.29) is 24.3 Å². The van der Waals surface area contributed by atoms with Crippen LogP contribution in [-0.2, 0) is 11.3 Å². The second kappa shape index (κ2) is 7.24. The number of hydrogen-bond donors (Lipinski definition) is 2. The molecule has 3 N–H and O–H groups in total. The van der Waals surface area contributed by atoms with Gasteiger partial charge in [0, 0.05) is 5.69 Å². The molecule has 9 heteroatoms. The Bertz CT molecular complexity index is 856. The molecule has 0 aliphatic carbocycles. The molecule has 0 bridgehead atoms. The molecule has 122 valence electrons. The average molecular weight is 362 g/mol. The number of halogens is 1. The number of hydrogen-bond acceptors (Lipinski definition) is 8. The molecule has 2 heterocycles. The maximum absolute atomic E-state index is 11.9. The standard InChI is InChI=1S/C15H12ClN5O2S/c16-11-7-6-10(24-11)13(22)23-8-12-19-14(17)21-15(20-12)18-9-4-2-1-3-5-9/h1-7H,8H2,(H3,17,18,19,20,21). The van der Waals surface area contributed by atoms with Crippen LogP contribution in [0.4, 0.5) is 17.6 Å². The molecule has 1 aromatic carbocycles. The Balaban J connectivity index is 1.68. The molecule has 0 aliphatic rings. The lowest BCUT2D eigenvalue weighted by atomic mass is 10.3. The summed E-state index contributed by atoms with van der Waals surface area (Å²) >= 11 is 6.93. The highest BCUT2D eigenvalue weighted by atomic mass is 35.5. The van der Waals surface area contributed by atoms with Crippen molar-refractivity contribution in [3.8, 4) is 0 Å². The van der Waals surface area contributed by atoms with E-state index in [1.54, 1.807) is 12.1 Å². The van der Waals surface area contributed by atoms with Crippen LogP contribution in [0.2, 0.25) is 4.34 Å². The van der Waals surface area contributed by atoms with E-state index in [2.05, 4.69) is 20.3 Å². The zero-order chi connectivity index (χ0) is 16.9. The first-order chi connectivity index (χ1) is 11.6. The van der Waals surface area contributed by atoms with E-state index in [9.17, 15) is 4.79 Å². The summed E-state index contributed by atoms with van der Waals surface area (Å²) in [5.41, 5.74) is 6.48. The molecule has 0 aliphatic heterocycles. The highest BCUT2D eigenvalue weighted by Crippen LogP contribution is 2.22. The van der Waals surface area contributed by atoms with E-state index in [4.69, 9.17) is 22.1 Å². The third kappa shape index (κ3) is 4.18. The lowest BCUT2D eigenvalue weighted by Crippen LogP contribution is -2.10. The van der Waals surface area contributed by atoms with Crippen LogP contribution in [0.15, 0.2) is 42.5 Å². The highest BCUT2D eigenvalue weighted by Gasteiger charge is 2.12. The predicted molar refractivity (Wildman–Crippen MR) is 92.4 cm³/mol. The van der Waals surface area contributed by atoms with Gasteiger partial charge in [-0.3, -0.25) is 0 Å². The van der Waals surface area contributed by atoms with Crippen molar-refractivity contribution in [1.29, 1.82) is 0 Å². The van der Waals surface area contributed by atoms with Crippen LogP contribution in [0.1, 0.15) is 15.5 Å². The minimum Gasteiger partial charge on any atom is -0.453 e. The number of thiophene rings is 1. The minimum absolute atomic E-state index is 0.0358. The maximum atomic E-state index is 11.9. The van der Waals surface area contributed by atoms with Crippen molar-refractivity contribution in [3.63, 3.8) is 0 Å². The van der Waals surface area contributed by atoms with E-state index >= 15 is 0 Å². The second-order valence-corrected chi connectivity index (χ2v) is 6.32. The van der Waals surface area contributed by atoms with Gasteiger partial charge in [0.05, 0.1) is 4.34 Å². The van der Waals surface area contributed by atoms with Crippen LogP contribution in [-0.4, -0.2) is 20.9 Å². The Labute approximate surface area is 146 Å². The van der Waals surface area contributed by atoms with Gasteiger partial charge < -0.3 is 15.8 Å². The summed E-state index contributed by atoms with van der Waals surface area (Å²) < 4.78 is 5.68. The van der Waals surface area contributed by atoms with Crippen LogP contribution in [0.5, 0.6) is 0 Å². The largest absolute Gasteiger partial charge is 0.453 e. The Kier molecular flexibility index (Phi) is 4.88. The van der Waals surface area contributed by atoms with E-state index in [0.29, 0.717) is 9.21 Å². The average Bonchev–Trinajstić information content (AvgIpc) is 3.00. The predicted octanol–water partition coefficient (Wildman–Crippen LogP) is 3.27. The van der Waals surface area contributed by atoms with E-state index < -0.39 is 5.97 Å². The summed E-state index contributed by atoms with van der Waals surface area (Å²) in [6.45, 7) is -0.120. The molecule has 0 fully saturated rings. The SMILES string of the molecule is Nc1nc(COC(=O)c2ccc(Cl)s2)nc(Nc2ccccc2)n1. The smallest absolute Gasteiger partial charge is 0.348 e. The van der Waals surface area contributed by atoms with Gasteiger partial charge in [-0.05, 0) is 24.3 Å². The number of nitrogens with zero attached hydrogens (tertiary/aromatic N) is 3. The lowest BCUT2D eigenvalue weighted by molar-refractivity contribution is 0.0468. The minimum atomic E-state index is -0.497. The summed E-state index contributed by atoms with van der Waals surface area (Å²) in [6, 6.07) is 12.6. The van der Waals surface area contributed by atoms with Crippen LogP contribution in [0.3, 0.4) is 0 Å². The molecular weight excluding hydrogens is 350 g/mol. The van der Waals surface area contributed by atoms with Gasteiger partial charge >= 0.3 is 5.97 Å². The number of nitrogens with two attached hydrogens (primary N) is 1. The second-order valence-electron chi connectivity index (χ2n) is 4.60. The number of anilines is 3. The topological polar surface area (TPSA) is 103 Å². The summed E-state index contributed by atoms with van der Waals surface area (Å²) in [6.07, 6.45) is 0. The number of carbonyl (C=O) groups is 1. The van der Waals surface area contributed by atoms with Crippen LogP contribution in [0.25, 0.3) is 0 Å². The number of para-hydroxylation sites is 1. The summed E-state index contributed by atoms with van der Waals surface area (Å²) in [5.74, 6) is 0.0629. The molecule has 0 atom stereocenters. The number of nitrogens with one attached hydrogen (secondary N) is 1. The Hall–Kier alpha value is -2.71. The molecule has 0 saturated heterocycles. The summed E-state index contributed by atoms with van der Waals surface area (Å²) in [5, 5.41) is 3.01. The number of ether oxygens (including phenoxy) is 1. The molecule has 0 amide bonds. The quantitative estimate of drug-likeness (QED) is 0.672. The molecule has 0 spiro atoms. The Morgan fingerprint density at radius 1 is 1.17 bits per heavy atom. The van der Waals surface area contributed by atoms with Crippen LogP contribution >= 0.6 is 22.9 Å². The van der Waals surface area contributed by atoms with Crippen molar-refractivity contribution in [2.75, 3.05) is 11.1 Å². The maximum Gasteiger partial charge on any atom is 0.348 e. The third-order valence-corrected chi connectivity index (χ3v) is 4.05. The number of nitrogen functional groups attached to an aromatic ring is 1. The zero-order valence-corrected chi connectivity index (χ0v) is 13.8. The summed E-state index contributed by atoms with van der Waals surface area (Å²) in [4.78, 5) is 24.5. The van der Waals surface area contributed by atoms with Gasteiger partial charge in [-0.1, -0.05) is 29.8 Å². The van der Waals surface area contributed by atoms with Gasteiger partial charge in [0.25, 0.3) is 0 Å². The fraction of sp³-hybridized carbons (Fsp3) is 0.0667. The van der Waals surface area contributed by atoms with E-state index in [1.165, 1.54) is 0 Å².